The van der Waals surface area contributed by atoms with Crippen LogP contribution >= 0.6 is 0 Å². The summed E-state index contributed by atoms with van der Waals surface area (Å²) in [5.74, 6) is -0.0460. The fourth-order valence-electron chi connectivity index (χ4n) is 1.89. The van der Waals surface area contributed by atoms with Crippen molar-refractivity contribution in [2.45, 2.75) is 18.7 Å². The molecule has 0 aromatic carbocycles. The highest BCUT2D eigenvalue weighted by Crippen LogP contribution is 2.09. The van der Waals surface area contributed by atoms with Gasteiger partial charge in [-0.25, -0.2) is 8.42 Å². The molecule has 0 spiro atoms. The van der Waals surface area contributed by atoms with E-state index in [-0.39, 0.29) is 17.5 Å². The summed E-state index contributed by atoms with van der Waals surface area (Å²) in [6.07, 6.45) is 2.69. The summed E-state index contributed by atoms with van der Waals surface area (Å²) in [5, 5.41) is 11.4. The molecule has 0 bridgehead atoms. The van der Waals surface area contributed by atoms with Crippen molar-refractivity contribution in [2.24, 2.45) is 0 Å². The van der Waals surface area contributed by atoms with Gasteiger partial charge in [0, 0.05) is 18.0 Å². The highest BCUT2D eigenvalue weighted by molar-refractivity contribution is 7.91. The average molecular weight is 243 g/mol. The van der Waals surface area contributed by atoms with Gasteiger partial charge in [0.15, 0.2) is 9.84 Å². The Kier molecular flexibility index (Phi) is 3.22. The maximum absolute atomic E-state index is 11.3. The number of rotatable bonds is 3. The van der Waals surface area contributed by atoms with Gasteiger partial charge in [0.05, 0.1) is 5.75 Å². The first-order valence-electron chi connectivity index (χ1n) is 5.17. The smallest absolute Gasteiger partial charge is 0.159 e. The molecule has 1 fully saturated rings. The van der Waals surface area contributed by atoms with Crippen LogP contribution in [0.1, 0.15) is 5.56 Å². The molecule has 6 heteroatoms. The number of nitrogens with zero attached hydrogens (tertiary/aromatic N) is 1. The summed E-state index contributed by atoms with van der Waals surface area (Å²) >= 11 is 0. The van der Waals surface area contributed by atoms with E-state index in [0.717, 1.165) is 5.56 Å². The third kappa shape index (κ3) is 2.78. The van der Waals surface area contributed by atoms with E-state index < -0.39 is 15.9 Å². The molecule has 3 N–H and O–H groups in total. The number of hydrogen-bond acceptors (Lipinski definition) is 4. The predicted molar refractivity (Wildman–Crippen MR) is 58.3 cm³/mol. The van der Waals surface area contributed by atoms with Crippen LogP contribution in [0, 0.1) is 0 Å². The van der Waals surface area contributed by atoms with Gasteiger partial charge in [0.25, 0.3) is 0 Å². The Labute approximate surface area is 94.4 Å². The summed E-state index contributed by atoms with van der Waals surface area (Å²) in [7, 11) is -3.05. The zero-order valence-electron chi connectivity index (χ0n) is 8.78. The molecule has 2 heterocycles. The highest BCUT2D eigenvalue weighted by atomic mass is 32.2. The Morgan fingerprint density at radius 3 is 2.88 bits per heavy atom. The average Bonchev–Trinajstić information content (AvgIpc) is 2.50. The lowest BCUT2D eigenvalue weighted by Crippen LogP contribution is -2.91. The van der Waals surface area contributed by atoms with Crippen LogP contribution in [0.25, 0.3) is 0 Å². The summed E-state index contributed by atoms with van der Waals surface area (Å²) in [5.41, 5.74) is 1.03. The minimum absolute atomic E-state index is 0.0639. The molecular weight excluding hydrogens is 228 g/mol. The van der Waals surface area contributed by atoms with Crippen molar-refractivity contribution < 1.29 is 18.8 Å². The third-order valence-electron chi connectivity index (χ3n) is 2.74. The summed E-state index contributed by atoms with van der Waals surface area (Å²) in [6.45, 7) is 0.644. The number of pyridine rings is 1. The Hall–Kier alpha value is -0.980. The van der Waals surface area contributed by atoms with Crippen LogP contribution in [0.15, 0.2) is 24.5 Å². The van der Waals surface area contributed by atoms with Gasteiger partial charge < -0.3 is 10.4 Å². The van der Waals surface area contributed by atoms with Gasteiger partial charge in [0.1, 0.15) is 24.4 Å². The lowest BCUT2D eigenvalue weighted by molar-refractivity contribution is -0.705. The molecule has 1 aliphatic rings. The van der Waals surface area contributed by atoms with E-state index in [0.29, 0.717) is 6.54 Å². The Morgan fingerprint density at radius 2 is 2.31 bits per heavy atom. The SMILES string of the molecule is O=S1(=O)CC(O)C([NH2+]Cc2cccnc2)C1. The number of aliphatic hydroxyl groups excluding tert-OH is 1. The molecule has 0 saturated carbocycles. The van der Waals surface area contributed by atoms with Crippen molar-refractivity contribution in [1.82, 2.24) is 4.98 Å². The lowest BCUT2D eigenvalue weighted by Gasteiger charge is -2.10. The van der Waals surface area contributed by atoms with E-state index in [9.17, 15) is 13.5 Å². The van der Waals surface area contributed by atoms with Crippen LogP contribution in [0.3, 0.4) is 0 Å². The second-order valence-corrected chi connectivity index (χ2v) is 6.26. The summed E-state index contributed by atoms with van der Waals surface area (Å²) in [4.78, 5) is 3.98. The maximum atomic E-state index is 11.3. The second kappa shape index (κ2) is 4.48. The fourth-order valence-corrected chi connectivity index (χ4v) is 3.74. The molecule has 88 valence electrons. The van der Waals surface area contributed by atoms with E-state index in [1.165, 1.54) is 0 Å². The topological polar surface area (TPSA) is 83.9 Å². The van der Waals surface area contributed by atoms with Crippen LogP contribution in [0.4, 0.5) is 0 Å². The first kappa shape index (κ1) is 11.5. The molecule has 0 amide bonds. The zero-order chi connectivity index (χ0) is 11.6. The molecule has 1 aromatic heterocycles. The number of quaternary nitrogens is 1. The van der Waals surface area contributed by atoms with Gasteiger partial charge in [0.2, 0.25) is 0 Å². The van der Waals surface area contributed by atoms with Crippen LogP contribution in [-0.4, -0.2) is 42.2 Å². The predicted octanol–water partition coefficient (Wildman–Crippen LogP) is -1.70. The van der Waals surface area contributed by atoms with Gasteiger partial charge >= 0.3 is 0 Å². The minimum Gasteiger partial charge on any atom is -0.386 e. The molecule has 16 heavy (non-hydrogen) atoms. The van der Waals surface area contributed by atoms with E-state index in [4.69, 9.17) is 0 Å². The molecule has 2 atom stereocenters. The van der Waals surface area contributed by atoms with E-state index in [1.807, 2.05) is 17.4 Å². The summed E-state index contributed by atoms with van der Waals surface area (Å²) < 4.78 is 22.5. The fraction of sp³-hybridized carbons (Fsp3) is 0.500. The van der Waals surface area contributed by atoms with Crippen LogP contribution in [0.2, 0.25) is 0 Å². The third-order valence-corrected chi connectivity index (χ3v) is 4.49. The molecule has 2 unspecified atom stereocenters. The first-order chi connectivity index (χ1) is 7.57. The van der Waals surface area contributed by atoms with Crippen LogP contribution in [0.5, 0.6) is 0 Å². The van der Waals surface area contributed by atoms with Gasteiger partial charge in [-0.1, -0.05) is 6.07 Å². The first-order valence-corrected chi connectivity index (χ1v) is 7.00. The Morgan fingerprint density at radius 1 is 1.50 bits per heavy atom. The minimum atomic E-state index is -3.05. The normalized spacial score (nSPS) is 28.1. The highest BCUT2D eigenvalue weighted by Gasteiger charge is 2.38. The Balaban J connectivity index is 1.92. The van der Waals surface area contributed by atoms with Gasteiger partial charge in [-0.2, -0.15) is 0 Å². The van der Waals surface area contributed by atoms with Gasteiger partial charge in [-0.3, -0.25) is 4.98 Å². The molecular formula is C10H15N2O3S+. The zero-order valence-corrected chi connectivity index (χ0v) is 9.60. The quantitative estimate of drug-likeness (QED) is 0.663. The van der Waals surface area contributed by atoms with Crippen LogP contribution < -0.4 is 5.32 Å². The second-order valence-electron chi connectivity index (χ2n) is 4.11. The van der Waals surface area contributed by atoms with E-state index in [1.54, 1.807) is 12.4 Å². The maximum Gasteiger partial charge on any atom is 0.159 e. The van der Waals surface area contributed by atoms with Crippen molar-refractivity contribution in [3.63, 3.8) is 0 Å². The van der Waals surface area contributed by atoms with Crippen molar-refractivity contribution >= 4 is 9.84 Å². The molecule has 5 nitrogen and oxygen atoms in total. The molecule has 0 radical (unpaired) electrons. The lowest BCUT2D eigenvalue weighted by atomic mass is 10.2. The van der Waals surface area contributed by atoms with E-state index >= 15 is 0 Å². The monoisotopic (exact) mass is 243 g/mol. The van der Waals surface area contributed by atoms with Gasteiger partial charge in [-0.05, 0) is 6.07 Å². The number of aliphatic hydroxyl groups is 1. The molecule has 2 rings (SSSR count). The van der Waals surface area contributed by atoms with Crippen molar-refractivity contribution in [2.75, 3.05) is 11.5 Å². The van der Waals surface area contributed by atoms with E-state index in [2.05, 4.69) is 4.98 Å². The molecule has 0 aliphatic carbocycles. The number of aromatic nitrogens is 1. The molecule has 1 aromatic rings. The molecule has 1 aliphatic heterocycles. The summed E-state index contributed by atoms with van der Waals surface area (Å²) in [6, 6.07) is 3.52. The van der Waals surface area contributed by atoms with Gasteiger partial charge in [-0.15, -0.1) is 0 Å². The largest absolute Gasteiger partial charge is 0.386 e. The number of sulfone groups is 1. The Bertz CT molecular complexity index is 446. The number of nitrogens with two attached hydrogens (primary N) is 1. The number of hydrogen-bond donors (Lipinski definition) is 2. The van der Waals surface area contributed by atoms with Crippen molar-refractivity contribution in [1.29, 1.82) is 0 Å². The van der Waals surface area contributed by atoms with Crippen LogP contribution in [-0.2, 0) is 16.4 Å². The van der Waals surface area contributed by atoms with Crippen molar-refractivity contribution in [3.8, 4) is 0 Å². The van der Waals surface area contributed by atoms with Crippen molar-refractivity contribution in [3.05, 3.63) is 30.1 Å². The molecule has 1 saturated heterocycles. The standard InChI is InChI=1S/C10H14N2O3S/c13-10-7-16(14,15)6-9(10)12-5-8-2-1-3-11-4-8/h1-4,9-10,12-13H,5-7H2/p+1.